The second-order valence-corrected chi connectivity index (χ2v) is 6.68. The summed E-state index contributed by atoms with van der Waals surface area (Å²) in [5.41, 5.74) is 3.18. The van der Waals surface area contributed by atoms with Crippen LogP contribution >= 0.6 is 0 Å². The highest BCUT2D eigenvalue weighted by Crippen LogP contribution is 2.26. The number of carbonyl (C=O) groups excluding carboxylic acids is 2. The molecule has 2 N–H and O–H groups in total. The number of ether oxygens (including phenoxy) is 2. The molecule has 0 fully saturated rings. The second kappa shape index (κ2) is 10.4. The number of carbonyl (C=O) groups is 2. The molecule has 2 aromatic carbocycles. The largest absolute Gasteiger partial charge is 0.493 e. The van der Waals surface area contributed by atoms with Gasteiger partial charge in [0.05, 0.1) is 6.61 Å². The highest BCUT2D eigenvalue weighted by molar-refractivity contribution is 6.03. The van der Waals surface area contributed by atoms with Crippen LogP contribution in [-0.4, -0.2) is 38.2 Å². The molecule has 0 saturated carbocycles. The van der Waals surface area contributed by atoms with Gasteiger partial charge in [0.15, 0.2) is 0 Å². The molecule has 3 rings (SSSR count). The number of fused-ring (bicyclic) bond motifs is 1. The van der Waals surface area contributed by atoms with Crippen LogP contribution < -0.4 is 15.4 Å². The summed E-state index contributed by atoms with van der Waals surface area (Å²) in [5, 5.41) is 5.64. The van der Waals surface area contributed by atoms with Gasteiger partial charge in [-0.15, -0.1) is 0 Å². The first kappa shape index (κ1) is 20.6. The quantitative estimate of drug-likeness (QED) is 0.505. The van der Waals surface area contributed by atoms with Crippen LogP contribution in [0.1, 0.15) is 34.8 Å². The number of anilines is 1. The van der Waals surface area contributed by atoms with E-state index in [1.807, 2.05) is 25.1 Å². The summed E-state index contributed by atoms with van der Waals surface area (Å²) >= 11 is 0. The first-order chi connectivity index (χ1) is 14.2. The molecule has 0 spiro atoms. The van der Waals surface area contributed by atoms with Crippen molar-refractivity contribution in [2.45, 2.75) is 19.8 Å². The van der Waals surface area contributed by atoms with Crippen molar-refractivity contribution in [2.24, 2.45) is 0 Å². The van der Waals surface area contributed by atoms with E-state index < -0.39 is 0 Å². The van der Waals surface area contributed by atoms with Gasteiger partial charge in [-0.3, -0.25) is 9.59 Å². The molecule has 1 aliphatic heterocycles. The molecule has 6 nitrogen and oxygen atoms in total. The lowest BCUT2D eigenvalue weighted by atomic mass is 10.1. The standard InChI is InChI=1S/C23H26N2O4/c1-2-28-13-4-12-24-23(27)19-5-3-6-20(16-19)25-22(26)10-8-17-7-9-21-18(15-17)11-14-29-21/h3,5-10,15-16H,2,4,11-14H2,1H3,(H,24,27)(H,25,26)/b10-8+. The van der Waals surface area contributed by atoms with Gasteiger partial charge < -0.3 is 20.1 Å². The van der Waals surface area contributed by atoms with Crippen molar-refractivity contribution in [3.63, 3.8) is 0 Å². The third kappa shape index (κ3) is 6.19. The molecular formula is C23H26N2O4. The number of hydrogen-bond acceptors (Lipinski definition) is 4. The summed E-state index contributed by atoms with van der Waals surface area (Å²) in [6, 6.07) is 12.8. The van der Waals surface area contributed by atoms with Gasteiger partial charge in [0.25, 0.3) is 5.91 Å². The summed E-state index contributed by atoms with van der Waals surface area (Å²) in [5.74, 6) is 0.490. The first-order valence-electron chi connectivity index (χ1n) is 9.86. The molecule has 0 aromatic heterocycles. The van der Waals surface area contributed by atoms with Crippen molar-refractivity contribution in [1.82, 2.24) is 5.32 Å². The molecule has 0 saturated heterocycles. The fourth-order valence-electron chi connectivity index (χ4n) is 3.03. The predicted molar refractivity (Wildman–Crippen MR) is 113 cm³/mol. The number of benzene rings is 2. The minimum atomic E-state index is -0.254. The Morgan fingerprint density at radius 2 is 2.10 bits per heavy atom. The molecule has 0 unspecified atom stereocenters. The maximum absolute atomic E-state index is 12.2. The normalized spacial score (nSPS) is 12.4. The van der Waals surface area contributed by atoms with Gasteiger partial charge in [-0.1, -0.05) is 12.1 Å². The Bertz CT molecular complexity index is 892. The number of nitrogens with one attached hydrogen (secondary N) is 2. The van der Waals surface area contributed by atoms with E-state index in [0.29, 0.717) is 37.6 Å². The monoisotopic (exact) mass is 394 g/mol. The van der Waals surface area contributed by atoms with Gasteiger partial charge >= 0.3 is 0 Å². The van der Waals surface area contributed by atoms with Crippen molar-refractivity contribution in [2.75, 3.05) is 31.7 Å². The Morgan fingerprint density at radius 1 is 1.21 bits per heavy atom. The summed E-state index contributed by atoms with van der Waals surface area (Å²) in [6.07, 6.45) is 4.90. The molecule has 0 aliphatic carbocycles. The Kier molecular flexibility index (Phi) is 7.41. The SMILES string of the molecule is CCOCCCNC(=O)c1cccc(NC(=O)/C=C/c2ccc3c(c2)CCO3)c1. The summed E-state index contributed by atoms with van der Waals surface area (Å²) in [6.45, 7) is 4.49. The third-order valence-electron chi connectivity index (χ3n) is 4.49. The van der Waals surface area contributed by atoms with E-state index in [-0.39, 0.29) is 11.8 Å². The first-order valence-corrected chi connectivity index (χ1v) is 9.86. The van der Waals surface area contributed by atoms with Crippen LogP contribution in [0.5, 0.6) is 5.75 Å². The Hall–Kier alpha value is -3.12. The van der Waals surface area contributed by atoms with Gasteiger partial charge in [0, 0.05) is 43.5 Å². The summed E-state index contributed by atoms with van der Waals surface area (Å²) < 4.78 is 10.7. The molecular weight excluding hydrogens is 368 g/mol. The average Bonchev–Trinajstić information content (AvgIpc) is 3.20. The zero-order valence-corrected chi connectivity index (χ0v) is 16.6. The number of rotatable bonds is 9. The van der Waals surface area contributed by atoms with E-state index in [9.17, 15) is 9.59 Å². The molecule has 152 valence electrons. The van der Waals surface area contributed by atoms with E-state index in [1.54, 1.807) is 30.3 Å². The lowest BCUT2D eigenvalue weighted by Gasteiger charge is -2.07. The number of amides is 2. The average molecular weight is 394 g/mol. The molecule has 0 atom stereocenters. The van der Waals surface area contributed by atoms with E-state index >= 15 is 0 Å². The van der Waals surface area contributed by atoms with Crippen LogP contribution in [-0.2, 0) is 16.0 Å². The maximum Gasteiger partial charge on any atom is 0.251 e. The Labute approximate surface area is 170 Å². The molecule has 1 aliphatic rings. The third-order valence-corrected chi connectivity index (χ3v) is 4.49. The van der Waals surface area contributed by atoms with E-state index in [1.165, 1.54) is 6.08 Å². The molecule has 2 aromatic rings. The fraction of sp³-hybridized carbons (Fsp3) is 0.304. The van der Waals surface area contributed by atoms with Crippen molar-refractivity contribution in [3.05, 3.63) is 65.2 Å². The smallest absolute Gasteiger partial charge is 0.251 e. The summed E-state index contributed by atoms with van der Waals surface area (Å²) in [4.78, 5) is 24.5. The van der Waals surface area contributed by atoms with Crippen LogP contribution in [0.15, 0.2) is 48.5 Å². The second-order valence-electron chi connectivity index (χ2n) is 6.68. The zero-order chi connectivity index (χ0) is 20.5. The Balaban J connectivity index is 1.52. The molecule has 1 heterocycles. The molecule has 2 amide bonds. The summed E-state index contributed by atoms with van der Waals surface area (Å²) in [7, 11) is 0. The van der Waals surface area contributed by atoms with Gasteiger partial charge in [-0.2, -0.15) is 0 Å². The number of hydrogen-bond donors (Lipinski definition) is 2. The van der Waals surface area contributed by atoms with Crippen LogP contribution in [0, 0.1) is 0 Å². The van der Waals surface area contributed by atoms with Gasteiger partial charge in [0.2, 0.25) is 5.91 Å². The minimum Gasteiger partial charge on any atom is -0.493 e. The molecule has 0 bridgehead atoms. The van der Waals surface area contributed by atoms with Gasteiger partial charge in [-0.25, -0.2) is 0 Å². The predicted octanol–water partition coefficient (Wildman–Crippen LogP) is 3.43. The highest BCUT2D eigenvalue weighted by Gasteiger charge is 2.11. The zero-order valence-electron chi connectivity index (χ0n) is 16.6. The van der Waals surface area contributed by atoms with Gasteiger partial charge in [0.1, 0.15) is 5.75 Å². The Morgan fingerprint density at radius 3 is 2.97 bits per heavy atom. The lowest BCUT2D eigenvalue weighted by Crippen LogP contribution is -2.25. The maximum atomic E-state index is 12.2. The fourth-order valence-corrected chi connectivity index (χ4v) is 3.03. The molecule has 29 heavy (non-hydrogen) atoms. The van der Waals surface area contributed by atoms with Crippen LogP contribution in [0.4, 0.5) is 5.69 Å². The van der Waals surface area contributed by atoms with Crippen LogP contribution in [0.25, 0.3) is 6.08 Å². The highest BCUT2D eigenvalue weighted by atomic mass is 16.5. The van der Waals surface area contributed by atoms with E-state index in [4.69, 9.17) is 9.47 Å². The molecule has 6 heteroatoms. The van der Waals surface area contributed by atoms with Crippen LogP contribution in [0.2, 0.25) is 0 Å². The van der Waals surface area contributed by atoms with Crippen molar-refractivity contribution < 1.29 is 19.1 Å². The topological polar surface area (TPSA) is 76.7 Å². The minimum absolute atomic E-state index is 0.173. The van der Waals surface area contributed by atoms with Gasteiger partial charge in [-0.05, 0) is 60.9 Å². The lowest BCUT2D eigenvalue weighted by molar-refractivity contribution is -0.111. The van der Waals surface area contributed by atoms with Crippen molar-refractivity contribution in [1.29, 1.82) is 0 Å². The van der Waals surface area contributed by atoms with E-state index in [2.05, 4.69) is 10.6 Å². The van der Waals surface area contributed by atoms with Crippen LogP contribution in [0.3, 0.4) is 0 Å². The van der Waals surface area contributed by atoms with Crippen molar-refractivity contribution >= 4 is 23.6 Å². The van der Waals surface area contributed by atoms with E-state index in [0.717, 1.165) is 29.7 Å². The molecule has 0 radical (unpaired) electrons. The van der Waals surface area contributed by atoms with Crippen molar-refractivity contribution in [3.8, 4) is 5.75 Å².